The summed E-state index contributed by atoms with van der Waals surface area (Å²) in [5.74, 6) is -4.14. The third-order valence-electron chi connectivity index (χ3n) is 22.0. The van der Waals surface area contributed by atoms with E-state index in [4.69, 9.17) is 14.2 Å². The summed E-state index contributed by atoms with van der Waals surface area (Å²) in [5, 5.41) is 69.0. The normalized spacial score (nSPS) is 21.4. The maximum atomic E-state index is 15.2. The second kappa shape index (κ2) is 34.7. The van der Waals surface area contributed by atoms with Crippen molar-refractivity contribution >= 4 is 52.4 Å². The molecule has 6 aliphatic heterocycles. The summed E-state index contributed by atoms with van der Waals surface area (Å²) < 4.78 is 112. The van der Waals surface area contributed by atoms with Crippen molar-refractivity contribution in [3.63, 3.8) is 0 Å². The molecule has 0 amide bonds. The summed E-state index contributed by atoms with van der Waals surface area (Å²) >= 11 is 0. The number of piperidine rings is 3. The molecule has 6 aliphatic rings. The Labute approximate surface area is 668 Å². The molecule has 117 heavy (non-hydrogen) atoms. The van der Waals surface area contributed by atoms with Gasteiger partial charge in [-0.2, -0.15) is 43.0 Å². The molecule has 0 radical (unpaired) electrons. The van der Waals surface area contributed by atoms with Crippen LogP contribution in [0, 0.1) is 34.9 Å². The van der Waals surface area contributed by atoms with E-state index in [1.165, 1.54) is 46.3 Å². The fourth-order valence-corrected chi connectivity index (χ4v) is 16.7. The molecule has 3 aromatic carbocycles. The van der Waals surface area contributed by atoms with Crippen LogP contribution in [0.25, 0.3) is 17.1 Å². The van der Waals surface area contributed by atoms with Crippen LogP contribution < -0.4 is 63.2 Å². The molecule has 0 bridgehead atoms. The number of fused-ring (bicyclic) bond motifs is 3. The van der Waals surface area contributed by atoms with Gasteiger partial charge in [0.2, 0.25) is 17.8 Å². The average Bonchev–Trinajstić information content (AvgIpc) is 1.82. The molecule has 15 rings (SSSR count). The van der Waals surface area contributed by atoms with E-state index in [0.29, 0.717) is 18.1 Å². The second-order valence-corrected chi connectivity index (χ2v) is 32.5. The highest BCUT2D eigenvalue weighted by atomic mass is 19.1. The Hall–Kier alpha value is -11.0. The Morgan fingerprint density at radius 2 is 0.752 bits per heavy atom. The monoisotopic (exact) mass is 1640 g/mol. The summed E-state index contributed by atoms with van der Waals surface area (Å²) in [5.41, 5.74) is -1.83. The van der Waals surface area contributed by atoms with Gasteiger partial charge in [0.1, 0.15) is 53.1 Å². The first-order chi connectivity index (χ1) is 55.6. The molecule has 9 atom stereocenters. The molecule has 9 N–H and O–H groups in total. The molecule has 36 nitrogen and oxygen atoms in total. The van der Waals surface area contributed by atoms with E-state index in [-0.39, 0.29) is 141 Å². The summed E-state index contributed by atoms with van der Waals surface area (Å²) in [7, 11) is 4.26. The predicted octanol–water partition coefficient (Wildman–Crippen LogP) is 7.06. The summed E-state index contributed by atoms with van der Waals surface area (Å²) in [6, 6.07) is 8.46. The fourth-order valence-electron chi connectivity index (χ4n) is 16.7. The third-order valence-corrected chi connectivity index (χ3v) is 22.0. The molecular weight excluding hydrogens is 1540 g/mol. The van der Waals surface area contributed by atoms with E-state index >= 15 is 13.2 Å². The first-order valence-electron chi connectivity index (χ1n) is 39.0. The Morgan fingerprint density at radius 3 is 1.03 bits per heavy atom. The summed E-state index contributed by atoms with van der Waals surface area (Å²) in [4.78, 5) is 70.0. The van der Waals surface area contributed by atoms with Gasteiger partial charge >= 0.3 is 17.1 Å². The van der Waals surface area contributed by atoms with Gasteiger partial charge in [0.25, 0.3) is 0 Å². The number of hydrogen-bond donors (Lipinski definition) is 9. The number of tetrazole rings is 3. The summed E-state index contributed by atoms with van der Waals surface area (Å²) in [6.07, 6.45) is 12.9. The molecule has 0 aliphatic carbocycles. The molecule has 0 unspecified atom stereocenters. The van der Waals surface area contributed by atoms with Crippen LogP contribution in [0.4, 0.5) is 78.7 Å². The van der Waals surface area contributed by atoms with Crippen LogP contribution in [0.1, 0.15) is 139 Å². The number of benzene rings is 3. The average molecular weight is 1640 g/mol. The van der Waals surface area contributed by atoms with Crippen molar-refractivity contribution in [3.8, 4) is 34.3 Å². The highest BCUT2D eigenvalue weighted by Crippen LogP contribution is 2.43. The number of aliphatic hydroxyl groups excluding tert-OH is 3. The minimum Gasteiger partial charge on any atom is -0.489 e. The highest BCUT2D eigenvalue weighted by molar-refractivity contribution is 5.66. The fraction of sp³-hybridized carbons (Fsp3) is 0.560. The topological polar surface area (TPSA) is 406 Å². The molecule has 0 spiro atoms. The summed E-state index contributed by atoms with van der Waals surface area (Å²) in [6.45, 7) is 20.4. The smallest absolute Gasteiger partial charge is 0.368 e. The van der Waals surface area contributed by atoms with Gasteiger partial charge in [-0.15, -0.1) is 0 Å². The minimum absolute atomic E-state index is 0.0166. The highest BCUT2D eigenvalue weighted by Gasteiger charge is 2.46. The third kappa shape index (κ3) is 18.9. The van der Waals surface area contributed by atoms with Gasteiger partial charge < -0.3 is 61.4 Å². The molecule has 0 saturated carbocycles. The van der Waals surface area contributed by atoms with E-state index in [1.54, 1.807) is 13.8 Å². The van der Waals surface area contributed by atoms with Crippen molar-refractivity contribution in [3.05, 3.63) is 121 Å². The van der Waals surface area contributed by atoms with Crippen LogP contribution >= 0.6 is 0 Å². The Balaban J connectivity index is 0.000000152. The minimum atomic E-state index is -0.831. The molecule has 6 aromatic heterocycles. The van der Waals surface area contributed by atoms with Crippen molar-refractivity contribution in [2.75, 3.05) is 71.4 Å². The molecule has 6 fully saturated rings. The zero-order chi connectivity index (χ0) is 83.7. The van der Waals surface area contributed by atoms with Crippen molar-refractivity contribution < 1.29 is 55.9 Å². The molecule has 6 saturated heterocycles. The number of nitrogens with one attached hydrogen (secondary N) is 6. The first kappa shape index (κ1) is 84.0. The lowest BCUT2D eigenvalue weighted by Gasteiger charge is -2.47. The molecule has 42 heteroatoms. The van der Waals surface area contributed by atoms with Crippen LogP contribution in [0.2, 0.25) is 0 Å². The van der Waals surface area contributed by atoms with E-state index in [0.717, 1.165) is 162 Å². The Kier molecular flexibility index (Phi) is 24.9. The van der Waals surface area contributed by atoms with Gasteiger partial charge in [0.15, 0.2) is 52.4 Å². The van der Waals surface area contributed by atoms with Gasteiger partial charge in [0.05, 0.1) is 55.0 Å². The number of anilines is 9. The molecule has 12 heterocycles. The number of aliphatic hydroxyl groups is 3. The van der Waals surface area contributed by atoms with Crippen LogP contribution in [0.3, 0.4) is 0 Å². The number of ether oxygens (including phenoxy) is 3. The standard InChI is InChI=1S/3C25H33F2N9O3/c1-14(37)13-39-21-9-17(26)19(10-20(21)36-24(38)34(4)32-33-36)30-23-28-12-18(27)22(31-23)29-15-8-16-6-5-7-35(16)25(2,3)11-15;2*1-14(13-37)39-21-9-17(26)19(10-20(21)36-24(38)34(4)32-33-36)30-23-28-12-18(27)22(31-23)29-15-8-16-6-5-7-35(16)25(2,3)11-15/h3*9-10,12,14-16,37H,5-8,11,13H2,1-4H3,(H2,28,29,30,31)/t14-,15-,16+;14-,15+,16-;14-,15-,16+/m101/s1. The largest absolute Gasteiger partial charge is 0.489 e. The van der Waals surface area contributed by atoms with Gasteiger partial charge in [0, 0.05) is 92.2 Å². The van der Waals surface area contributed by atoms with Gasteiger partial charge in [-0.05, 0) is 208 Å². The van der Waals surface area contributed by atoms with Crippen molar-refractivity contribution in [1.82, 2.24) is 104 Å². The first-order valence-corrected chi connectivity index (χ1v) is 39.0. The van der Waals surface area contributed by atoms with Gasteiger partial charge in [-0.1, -0.05) is 0 Å². The van der Waals surface area contributed by atoms with Crippen LogP contribution in [0.5, 0.6) is 17.2 Å². The number of aromatic nitrogens is 18. The Morgan fingerprint density at radius 1 is 0.453 bits per heavy atom. The number of halogens is 6. The lowest BCUT2D eigenvalue weighted by Crippen LogP contribution is -2.55. The van der Waals surface area contributed by atoms with E-state index in [2.05, 4.69) is 149 Å². The molecule has 630 valence electrons. The SMILES string of the molecule is C[C@@H](CO)Oc1cc(F)c(Nc2ncc(F)c(N[C@@H]3C[C@@H]4CCCN4C(C)(C)C3)n2)cc1-n1nnn(C)c1=O.C[C@@H](O)COc1cc(F)c(Nc2ncc(F)c(N[C@@H]3C[C@@H]4CCCN4C(C)(C)C3)n2)cc1-n1nnn(C)c1=O.C[C@H](CO)Oc1cc(F)c(Nc2ncc(F)c(N[C@@H]3C[C@@H]4CCCN4C(C)(C)C3)n2)cc1-n1nnn(C)c1=O. The lowest BCUT2D eigenvalue weighted by atomic mass is 9.84. The molecular formula is C75H99F6N27O9. The number of nitrogens with zero attached hydrogens (tertiary/aromatic N) is 21. The van der Waals surface area contributed by atoms with Gasteiger partial charge in [-0.3, -0.25) is 14.7 Å². The second-order valence-electron chi connectivity index (χ2n) is 32.5. The quantitative estimate of drug-likeness (QED) is 0.0273. The van der Waals surface area contributed by atoms with Crippen LogP contribution in [-0.2, 0) is 21.1 Å². The van der Waals surface area contributed by atoms with E-state index in [9.17, 15) is 42.9 Å². The predicted molar refractivity (Wildman–Crippen MR) is 418 cm³/mol. The van der Waals surface area contributed by atoms with Crippen molar-refractivity contribution in [1.29, 1.82) is 0 Å². The van der Waals surface area contributed by atoms with Crippen LogP contribution in [-0.4, -0.2) is 230 Å². The maximum absolute atomic E-state index is 15.2. The number of rotatable bonds is 24. The zero-order valence-electron chi connectivity index (χ0n) is 67.1. The van der Waals surface area contributed by atoms with Gasteiger partial charge in [-0.25, -0.2) is 55.7 Å². The maximum Gasteiger partial charge on any atom is 0.368 e. The zero-order valence-corrected chi connectivity index (χ0v) is 67.1. The number of hydrogen-bond acceptors (Lipinski definition) is 30. The van der Waals surface area contributed by atoms with Crippen molar-refractivity contribution in [2.45, 2.75) is 211 Å². The van der Waals surface area contributed by atoms with Crippen LogP contribution in [0.15, 0.2) is 69.4 Å². The van der Waals surface area contributed by atoms with E-state index < -0.39 is 70.3 Å². The van der Waals surface area contributed by atoms with Crippen molar-refractivity contribution in [2.24, 2.45) is 21.1 Å². The van der Waals surface area contributed by atoms with E-state index in [1.807, 2.05) is 0 Å². The number of aryl methyl sites for hydroxylation is 3. The lowest BCUT2D eigenvalue weighted by molar-refractivity contribution is 0.0498. The molecule has 9 aromatic rings. The Bertz CT molecular complexity index is 5020.